The van der Waals surface area contributed by atoms with Crippen molar-refractivity contribution in [1.29, 1.82) is 0 Å². The van der Waals surface area contributed by atoms with E-state index in [0.29, 0.717) is 6.54 Å². The number of anilines is 2. The van der Waals surface area contributed by atoms with Crippen LogP contribution in [0.5, 0.6) is 0 Å². The SMILES string of the molecule is CCNC(=NCc1ccc(N2CCCCCC2)nc1)N1CCN(c2ncccn2)CC1. The van der Waals surface area contributed by atoms with Crippen LogP contribution < -0.4 is 15.1 Å². The van der Waals surface area contributed by atoms with E-state index in [1.165, 1.54) is 25.7 Å². The highest BCUT2D eigenvalue weighted by molar-refractivity contribution is 5.80. The zero-order valence-electron chi connectivity index (χ0n) is 18.6. The highest BCUT2D eigenvalue weighted by atomic mass is 15.4. The first-order chi connectivity index (χ1) is 15.3. The van der Waals surface area contributed by atoms with Crippen LogP contribution in [0, 0.1) is 0 Å². The predicted molar refractivity (Wildman–Crippen MR) is 126 cm³/mol. The lowest BCUT2D eigenvalue weighted by Gasteiger charge is -2.36. The Balaban J connectivity index is 1.34. The second-order valence-electron chi connectivity index (χ2n) is 8.12. The second kappa shape index (κ2) is 10.9. The molecule has 4 rings (SSSR count). The van der Waals surface area contributed by atoms with Gasteiger partial charge in [-0.25, -0.2) is 19.9 Å². The summed E-state index contributed by atoms with van der Waals surface area (Å²) < 4.78 is 0. The van der Waals surface area contributed by atoms with Crippen molar-refractivity contribution in [2.24, 2.45) is 4.99 Å². The van der Waals surface area contributed by atoms with Crippen molar-refractivity contribution >= 4 is 17.7 Å². The molecule has 8 nitrogen and oxygen atoms in total. The van der Waals surface area contributed by atoms with E-state index in [1.54, 1.807) is 12.4 Å². The lowest BCUT2D eigenvalue weighted by atomic mass is 10.2. The summed E-state index contributed by atoms with van der Waals surface area (Å²) in [7, 11) is 0. The normalized spacial score (nSPS) is 18.1. The summed E-state index contributed by atoms with van der Waals surface area (Å²) in [4.78, 5) is 25.3. The second-order valence-corrected chi connectivity index (χ2v) is 8.12. The number of rotatable bonds is 5. The van der Waals surface area contributed by atoms with Gasteiger partial charge in [0.05, 0.1) is 6.54 Å². The summed E-state index contributed by atoms with van der Waals surface area (Å²) in [6, 6.07) is 6.18. The van der Waals surface area contributed by atoms with E-state index >= 15 is 0 Å². The van der Waals surface area contributed by atoms with Crippen LogP contribution in [0.1, 0.15) is 38.2 Å². The zero-order chi connectivity index (χ0) is 21.3. The van der Waals surface area contributed by atoms with Gasteiger partial charge in [-0.1, -0.05) is 18.9 Å². The number of piperazine rings is 1. The van der Waals surface area contributed by atoms with Crippen molar-refractivity contribution in [3.63, 3.8) is 0 Å². The lowest BCUT2D eigenvalue weighted by Crippen LogP contribution is -2.52. The molecule has 0 bridgehead atoms. The molecule has 0 aromatic carbocycles. The zero-order valence-corrected chi connectivity index (χ0v) is 18.6. The molecule has 0 amide bonds. The highest BCUT2D eigenvalue weighted by Crippen LogP contribution is 2.18. The predicted octanol–water partition coefficient (Wildman–Crippen LogP) is 2.54. The van der Waals surface area contributed by atoms with Gasteiger partial charge < -0.3 is 20.0 Å². The summed E-state index contributed by atoms with van der Waals surface area (Å²) in [5.41, 5.74) is 1.14. The molecule has 2 aromatic rings. The number of guanidine groups is 1. The number of hydrogen-bond acceptors (Lipinski definition) is 6. The first-order valence-corrected chi connectivity index (χ1v) is 11.6. The maximum atomic E-state index is 4.89. The molecule has 2 saturated heterocycles. The number of pyridine rings is 1. The van der Waals surface area contributed by atoms with Crippen LogP contribution in [0.3, 0.4) is 0 Å². The van der Waals surface area contributed by atoms with Crippen LogP contribution in [0.2, 0.25) is 0 Å². The van der Waals surface area contributed by atoms with E-state index in [-0.39, 0.29) is 0 Å². The van der Waals surface area contributed by atoms with Gasteiger partial charge in [0.2, 0.25) is 5.95 Å². The first-order valence-electron chi connectivity index (χ1n) is 11.6. The Hall–Kier alpha value is -2.90. The molecule has 0 saturated carbocycles. The third-order valence-corrected chi connectivity index (χ3v) is 5.90. The Kier molecular flexibility index (Phi) is 7.52. The number of aliphatic imine (C=N–C) groups is 1. The smallest absolute Gasteiger partial charge is 0.225 e. The van der Waals surface area contributed by atoms with Crippen molar-refractivity contribution in [2.75, 3.05) is 55.6 Å². The van der Waals surface area contributed by atoms with E-state index in [4.69, 9.17) is 9.98 Å². The van der Waals surface area contributed by atoms with E-state index in [2.05, 4.69) is 49.0 Å². The highest BCUT2D eigenvalue weighted by Gasteiger charge is 2.21. The molecule has 0 spiro atoms. The Bertz CT molecular complexity index is 807. The molecular formula is C23H34N8. The van der Waals surface area contributed by atoms with Gasteiger partial charge in [-0.3, -0.25) is 0 Å². The molecule has 0 aliphatic carbocycles. The number of nitrogens with one attached hydrogen (secondary N) is 1. The van der Waals surface area contributed by atoms with Crippen LogP contribution in [-0.4, -0.2) is 71.6 Å². The van der Waals surface area contributed by atoms with Gasteiger partial charge in [-0.15, -0.1) is 0 Å². The minimum Gasteiger partial charge on any atom is -0.357 e. The average Bonchev–Trinajstić information content (AvgIpc) is 3.13. The van der Waals surface area contributed by atoms with Crippen LogP contribution in [0.25, 0.3) is 0 Å². The van der Waals surface area contributed by atoms with Gasteiger partial charge in [0.25, 0.3) is 0 Å². The Morgan fingerprint density at radius 1 is 0.903 bits per heavy atom. The van der Waals surface area contributed by atoms with Gasteiger partial charge in [-0.2, -0.15) is 0 Å². The quantitative estimate of drug-likeness (QED) is 0.586. The molecule has 1 N–H and O–H groups in total. The average molecular weight is 423 g/mol. The summed E-state index contributed by atoms with van der Waals surface area (Å²) in [5, 5.41) is 3.44. The Morgan fingerprint density at radius 3 is 2.29 bits per heavy atom. The summed E-state index contributed by atoms with van der Waals surface area (Å²) in [5.74, 6) is 2.87. The molecule has 2 fully saturated rings. The molecule has 2 aliphatic rings. The van der Waals surface area contributed by atoms with Crippen LogP contribution in [0.4, 0.5) is 11.8 Å². The molecular weight excluding hydrogens is 388 g/mol. The van der Waals surface area contributed by atoms with Gasteiger partial charge in [0, 0.05) is 64.4 Å². The molecule has 166 valence electrons. The molecule has 0 unspecified atom stereocenters. The minimum absolute atomic E-state index is 0.637. The molecule has 4 heterocycles. The Morgan fingerprint density at radius 2 is 1.65 bits per heavy atom. The van der Waals surface area contributed by atoms with Crippen LogP contribution in [0.15, 0.2) is 41.8 Å². The fourth-order valence-electron chi connectivity index (χ4n) is 4.16. The summed E-state index contributed by atoms with van der Waals surface area (Å²) in [6.07, 6.45) is 10.8. The summed E-state index contributed by atoms with van der Waals surface area (Å²) in [6.45, 7) is 9.42. The first kappa shape index (κ1) is 21.3. The fourth-order valence-corrected chi connectivity index (χ4v) is 4.16. The number of aromatic nitrogens is 3. The third-order valence-electron chi connectivity index (χ3n) is 5.90. The van der Waals surface area contributed by atoms with E-state index in [9.17, 15) is 0 Å². The molecule has 0 radical (unpaired) electrons. The van der Waals surface area contributed by atoms with Crippen LogP contribution >= 0.6 is 0 Å². The molecule has 8 heteroatoms. The number of nitrogens with zero attached hydrogens (tertiary/aromatic N) is 7. The Labute approximate surface area is 185 Å². The maximum absolute atomic E-state index is 4.89. The van der Waals surface area contributed by atoms with Gasteiger partial charge in [-0.05, 0) is 37.5 Å². The van der Waals surface area contributed by atoms with Crippen molar-refractivity contribution in [3.8, 4) is 0 Å². The van der Waals surface area contributed by atoms with E-state index in [1.807, 2.05) is 12.3 Å². The van der Waals surface area contributed by atoms with Gasteiger partial charge >= 0.3 is 0 Å². The van der Waals surface area contributed by atoms with Crippen LogP contribution in [-0.2, 0) is 6.54 Å². The van der Waals surface area contributed by atoms with Gasteiger partial charge in [0.15, 0.2) is 5.96 Å². The lowest BCUT2D eigenvalue weighted by molar-refractivity contribution is 0.370. The van der Waals surface area contributed by atoms with E-state index < -0.39 is 0 Å². The molecule has 0 atom stereocenters. The molecule has 2 aromatic heterocycles. The summed E-state index contributed by atoms with van der Waals surface area (Å²) >= 11 is 0. The van der Waals surface area contributed by atoms with E-state index in [0.717, 1.165) is 69.1 Å². The monoisotopic (exact) mass is 422 g/mol. The van der Waals surface area contributed by atoms with Crippen molar-refractivity contribution in [1.82, 2.24) is 25.2 Å². The number of hydrogen-bond donors (Lipinski definition) is 1. The maximum Gasteiger partial charge on any atom is 0.225 e. The molecule has 2 aliphatic heterocycles. The van der Waals surface area contributed by atoms with Crippen molar-refractivity contribution in [3.05, 3.63) is 42.4 Å². The molecule has 31 heavy (non-hydrogen) atoms. The van der Waals surface area contributed by atoms with Crippen molar-refractivity contribution < 1.29 is 0 Å². The van der Waals surface area contributed by atoms with Gasteiger partial charge in [0.1, 0.15) is 5.82 Å². The van der Waals surface area contributed by atoms with Crippen molar-refractivity contribution in [2.45, 2.75) is 39.2 Å². The largest absolute Gasteiger partial charge is 0.357 e. The standard InChI is InChI=1S/C23H34N8/c1-2-24-22(30-14-16-31(17-15-30)23-25-10-7-11-26-23)28-19-20-8-9-21(27-18-20)29-12-5-3-4-6-13-29/h7-11,18H,2-6,12-17,19H2,1H3,(H,24,28). The minimum atomic E-state index is 0.637. The fraction of sp³-hybridized carbons (Fsp3) is 0.565. The third kappa shape index (κ3) is 5.83. The topological polar surface area (TPSA) is 72.8 Å².